The van der Waals surface area contributed by atoms with Crippen LogP contribution in [0.4, 0.5) is 17.4 Å². The minimum absolute atomic E-state index is 0.430. The van der Waals surface area contributed by atoms with Gasteiger partial charge in [-0.1, -0.05) is 29.8 Å². The van der Waals surface area contributed by atoms with E-state index in [1.807, 2.05) is 85.1 Å². The molecule has 252 valence electrons. The molecule has 11 heteroatoms. The molecule has 0 aliphatic carbocycles. The van der Waals surface area contributed by atoms with E-state index in [0.29, 0.717) is 36.0 Å². The highest BCUT2D eigenvalue weighted by molar-refractivity contribution is 7.22. The van der Waals surface area contributed by atoms with E-state index in [2.05, 4.69) is 44.6 Å². The third kappa shape index (κ3) is 7.55. The number of anilines is 3. The molecule has 0 saturated carbocycles. The van der Waals surface area contributed by atoms with E-state index < -0.39 is 0 Å². The predicted molar refractivity (Wildman–Crippen MR) is 198 cm³/mol. The second-order valence-electron chi connectivity index (χ2n) is 12.1. The van der Waals surface area contributed by atoms with Gasteiger partial charge in [-0.05, 0) is 61.0 Å². The van der Waals surface area contributed by atoms with Crippen molar-refractivity contribution in [2.75, 3.05) is 50.1 Å². The van der Waals surface area contributed by atoms with Crippen LogP contribution in [-0.4, -0.2) is 59.3 Å². The molecule has 0 atom stereocenters. The SMILES string of the molecule is Cc1ccc(Nc2nc3cc(Oc4ccnc5cc(-c6ccc(CNc7cccc(OCCN8CCOCC8)c7)cn6)sc45)ccc3o2)cc1. The predicted octanol–water partition coefficient (Wildman–Crippen LogP) is 8.67. The minimum Gasteiger partial charge on any atom is -0.492 e. The number of thiophene rings is 1. The molecule has 5 heterocycles. The summed E-state index contributed by atoms with van der Waals surface area (Å²) in [6.45, 7) is 7.78. The number of nitrogens with one attached hydrogen (secondary N) is 2. The quantitative estimate of drug-likeness (QED) is 0.130. The Kier molecular flexibility index (Phi) is 9.24. The van der Waals surface area contributed by atoms with E-state index in [1.54, 1.807) is 17.5 Å². The lowest BCUT2D eigenvalue weighted by molar-refractivity contribution is 0.0322. The van der Waals surface area contributed by atoms with Crippen LogP contribution in [0.25, 0.3) is 31.9 Å². The Morgan fingerprint density at radius 1 is 0.860 bits per heavy atom. The number of benzene rings is 3. The van der Waals surface area contributed by atoms with Gasteiger partial charge in [0.15, 0.2) is 5.58 Å². The molecule has 0 radical (unpaired) electrons. The van der Waals surface area contributed by atoms with Gasteiger partial charge >= 0.3 is 0 Å². The molecule has 0 bridgehead atoms. The van der Waals surface area contributed by atoms with Crippen LogP contribution in [0.5, 0.6) is 17.2 Å². The number of hydrogen-bond acceptors (Lipinski definition) is 11. The van der Waals surface area contributed by atoms with Gasteiger partial charge in [0, 0.05) is 68.1 Å². The van der Waals surface area contributed by atoms with Gasteiger partial charge in [0.25, 0.3) is 6.01 Å². The summed E-state index contributed by atoms with van der Waals surface area (Å²) in [7, 11) is 0. The average molecular weight is 685 g/mol. The molecular formula is C39H36N6O4S. The van der Waals surface area contributed by atoms with Crippen LogP contribution in [0.15, 0.2) is 108 Å². The first-order valence-electron chi connectivity index (χ1n) is 16.6. The normalized spacial score (nSPS) is 13.5. The summed E-state index contributed by atoms with van der Waals surface area (Å²) >= 11 is 1.61. The van der Waals surface area contributed by atoms with Crippen LogP contribution >= 0.6 is 11.3 Å². The molecule has 10 nitrogen and oxygen atoms in total. The number of oxazole rings is 1. The third-order valence-electron chi connectivity index (χ3n) is 8.45. The lowest BCUT2D eigenvalue weighted by atomic mass is 10.2. The molecule has 8 rings (SSSR count). The van der Waals surface area contributed by atoms with Gasteiger partial charge in [0.1, 0.15) is 29.4 Å². The first kappa shape index (κ1) is 31.8. The summed E-state index contributed by atoms with van der Waals surface area (Å²) in [4.78, 5) is 17.4. The van der Waals surface area contributed by atoms with Crippen molar-refractivity contribution in [2.24, 2.45) is 0 Å². The van der Waals surface area contributed by atoms with E-state index in [9.17, 15) is 0 Å². The van der Waals surface area contributed by atoms with Gasteiger partial charge in [-0.25, -0.2) is 0 Å². The average Bonchev–Trinajstić information content (AvgIpc) is 3.77. The number of aryl methyl sites for hydroxylation is 1. The highest BCUT2D eigenvalue weighted by atomic mass is 32.1. The van der Waals surface area contributed by atoms with Crippen LogP contribution in [0, 0.1) is 6.92 Å². The number of ether oxygens (including phenoxy) is 3. The summed E-state index contributed by atoms with van der Waals surface area (Å²) < 4.78 is 24.7. The van der Waals surface area contributed by atoms with Gasteiger partial charge in [-0.3, -0.25) is 14.9 Å². The van der Waals surface area contributed by atoms with Crippen molar-refractivity contribution in [1.29, 1.82) is 0 Å². The van der Waals surface area contributed by atoms with Crippen molar-refractivity contribution in [1.82, 2.24) is 19.9 Å². The van der Waals surface area contributed by atoms with Crippen LogP contribution < -0.4 is 20.1 Å². The van der Waals surface area contributed by atoms with Crippen molar-refractivity contribution < 1.29 is 18.6 Å². The molecule has 3 aromatic carbocycles. The summed E-state index contributed by atoms with van der Waals surface area (Å²) in [5.74, 6) is 2.24. The van der Waals surface area contributed by atoms with E-state index in [0.717, 1.165) is 82.1 Å². The van der Waals surface area contributed by atoms with Crippen LogP contribution in [0.3, 0.4) is 0 Å². The lowest BCUT2D eigenvalue weighted by Gasteiger charge is -2.26. The Morgan fingerprint density at radius 2 is 1.76 bits per heavy atom. The van der Waals surface area contributed by atoms with Gasteiger partial charge in [0.05, 0.1) is 34.0 Å². The minimum atomic E-state index is 0.430. The fraction of sp³-hybridized carbons (Fsp3) is 0.205. The Balaban J connectivity index is 0.899. The Bertz CT molecular complexity index is 2210. The molecule has 7 aromatic rings. The van der Waals surface area contributed by atoms with Crippen LogP contribution in [0.2, 0.25) is 0 Å². The summed E-state index contributed by atoms with van der Waals surface area (Å²) in [6.07, 6.45) is 3.67. The Morgan fingerprint density at radius 3 is 2.62 bits per heavy atom. The van der Waals surface area contributed by atoms with Gasteiger partial charge in [-0.2, -0.15) is 4.98 Å². The molecule has 0 spiro atoms. The molecule has 1 saturated heterocycles. The number of nitrogens with zero attached hydrogens (tertiary/aromatic N) is 4. The molecule has 0 amide bonds. The second kappa shape index (κ2) is 14.6. The summed E-state index contributed by atoms with van der Waals surface area (Å²) in [5.41, 5.74) is 7.30. The maximum absolute atomic E-state index is 6.36. The van der Waals surface area contributed by atoms with Crippen LogP contribution in [0.1, 0.15) is 11.1 Å². The molecule has 0 unspecified atom stereocenters. The van der Waals surface area contributed by atoms with Gasteiger partial charge in [-0.15, -0.1) is 11.3 Å². The smallest absolute Gasteiger partial charge is 0.300 e. The Labute approximate surface area is 293 Å². The highest BCUT2D eigenvalue weighted by Crippen LogP contribution is 2.39. The molecule has 1 aliphatic rings. The number of rotatable bonds is 12. The molecule has 1 aliphatic heterocycles. The number of aromatic nitrogens is 3. The molecule has 4 aromatic heterocycles. The number of morpholine rings is 1. The maximum Gasteiger partial charge on any atom is 0.300 e. The van der Waals surface area contributed by atoms with E-state index in [-0.39, 0.29) is 0 Å². The number of fused-ring (bicyclic) bond motifs is 2. The van der Waals surface area contributed by atoms with E-state index in [1.165, 1.54) is 5.56 Å². The zero-order chi connectivity index (χ0) is 33.7. The standard InChI is InChI=1S/C39H36N6O4S/c1-26-5-8-28(9-6-26)43-39-44-33-22-31(10-12-35(33)49-39)48-36-13-14-40-34-23-37(50-38(34)36)32-11-7-27(25-42-32)24-41-29-3-2-4-30(21-29)47-20-17-45-15-18-46-19-16-45/h2-14,21-23,25,41H,15-20,24H2,1H3,(H,43,44). The lowest BCUT2D eigenvalue weighted by Crippen LogP contribution is -2.38. The van der Waals surface area contributed by atoms with Gasteiger partial charge in [0.2, 0.25) is 0 Å². The number of pyridine rings is 2. The highest BCUT2D eigenvalue weighted by Gasteiger charge is 2.14. The fourth-order valence-corrected chi connectivity index (χ4v) is 6.77. The van der Waals surface area contributed by atoms with Crippen molar-refractivity contribution in [3.8, 4) is 27.8 Å². The Hall–Kier alpha value is -5.49. The first-order chi connectivity index (χ1) is 24.6. The van der Waals surface area contributed by atoms with Crippen molar-refractivity contribution in [2.45, 2.75) is 13.5 Å². The van der Waals surface area contributed by atoms with E-state index in [4.69, 9.17) is 23.6 Å². The third-order valence-corrected chi connectivity index (χ3v) is 9.61. The molecular weight excluding hydrogens is 649 g/mol. The second-order valence-corrected chi connectivity index (χ2v) is 13.2. The molecule has 2 N–H and O–H groups in total. The maximum atomic E-state index is 6.36. The van der Waals surface area contributed by atoms with Crippen molar-refractivity contribution in [3.63, 3.8) is 0 Å². The van der Waals surface area contributed by atoms with Crippen molar-refractivity contribution >= 4 is 50.0 Å². The van der Waals surface area contributed by atoms with Crippen molar-refractivity contribution in [3.05, 3.63) is 115 Å². The monoisotopic (exact) mass is 684 g/mol. The molecule has 1 fully saturated rings. The number of hydrogen-bond donors (Lipinski definition) is 2. The summed E-state index contributed by atoms with van der Waals surface area (Å²) in [6, 6.07) is 30.3. The molecule has 50 heavy (non-hydrogen) atoms. The fourth-order valence-electron chi connectivity index (χ4n) is 5.73. The summed E-state index contributed by atoms with van der Waals surface area (Å²) in [5, 5.41) is 6.72. The topological polar surface area (TPSA) is 107 Å². The largest absolute Gasteiger partial charge is 0.492 e. The van der Waals surface area contributed by atoms with E-state index >= 15 is 0 Å². The van der Waals surface area contributed by atoms with Gasteiger partial charge < -0.3 is 29.3 Å². The first-order valence-corrected chi connectivity index (χ1v) is 17.5. The van der Waals surface area contributed by atoms with Crippen LogP contribution in [-0.2, 0) is 11.3 Å². The zero-order valence-electron chi connectivity index (χ0n) is 27.6. The zero-order valence-corrected chi connectivity index (χ0v) is 28.4.